The third kappa shape index (κ3) is 3.04. The molecule has 1 aromatic carbocycles. The van der Waals surface area contributed by atoms with Crippen molar-refractivity contribution in [1.29, 1.82) is 5.26 Å². The van der Waals surface area contributed by atoms with Crippen LogP contribution in [-0.2, 0) is 10.2 Å². The van der Waals surface area contributed by atoms with Crippen LogP contribution < -0.4 is 9.47 Å². The van der Waals surface area contributed by atoms with E-state index in [0.717, 1.165) is 25.7 Å². The van der Waals surface area contributed by atoms with E-state index >= 15 is 4.39 Å². The van der Waals surface area contributed by atoms with E-state index in [4.69, 9.17) is 14.2 Å². The van der Waals surface area contributed by atoms with Crippen LogP contribution in [-0.4, -0.2) is 43.9 Å². The van der Waals surface area contributed by atoms with Crippen molar-refractivity contribution in [1.82, 2.24) is 4.90 Å². The average molecular weight is 416 g/mol. The van der Waals surface area contributed by atoms with E-state index in [9.17, 15) is 10.1 Å². The van der Waals surface area contributed by atoms with Crippen molar-refractivity contribution in [2.75, 3.05) is 21.2 Å². The first-order valence-electron chi connectivity index (χ1n) is 10.6. The number of rotatable bonds is 4. The van der Waals surface area contributed by atoms with Crippen LogP contribution in [0.2, 0.25) is 0 Å². The van der Waals surface area contributed by atoms with Gasteiger partial charge in [-0.2, -0.15) is 5.26 Å². The molecule has 162 valence electrons. The maximum Gasteiger partial charge on any atom is 0.338 e. The average Bonchev–Trinajstić information content (AvgIpc) is 3.44. The van der Waals surface area contributed by atoms with E-state index < -0.39 is 23.0 Å². The number of fused-ring (bicyclic) bond motifs is 1. The highest BCUT2D eigenvalue weighted by Gasteiger charge is 2.54. The quantitative estimate of drug-likeness (QED) is 0.689. The lowest BCUT2D eigenvalue weighted by Gasteiger charge is -2.39. The molecule has 0 bridgehead atoms. The summed E-state index contributed by atoms with van der Waals surface area (Å²) in [6.45, 7) is 3.56. The number of ether oxygens (including phenoxy) is 3. The summed E-state index contributed by atoms with van der Waals surface area (Å²) in [7, 11) is 5.43. The van der Waals surface area contributed by atoms with Crippen molar-refractivity contribution < 1.29 is 23.4 Å². The van der Waals surface area contributed by atoms with Crippen molar-refractivity contribution >= 4 is 5.97 Å². The normalized spacial score (nSPS) is 28.9. The summed E-state index contributed by atoms with van der Waals surface area (Å²) < 4.78 is 33.0. The maximum absolute atomic E-state index is 15.7. The molecule has 0 spiro atoms. The van der Waals surface area contributed by atoms with Gasteiger partial charge in [-0.3, -0.25) is 0 Å². The van der Waals surface area contributed by atoms with Crippen LogP contribution >= 0.6 is 0 Å². The van der Waals surface area contributed by atoms with Crippen LogP contribution in [0.5, 0.6) is 11.5 Å². The highest BCUT2D eigenvalue weighted by molar-refractivity contribution is 5.95. The van der Waals surface area contributed by atoms with Gasteiger partial charge in [0.25, 0.3) is 5.79 Å². The lowest BCUT2D eigenvalue weighted by molar-refractivity contribution is -0.124. The van der Waals surface area contributed by atoms with Gasteiger partial charge >= 0.3 is 5.97 Å². The van der Waals surface area contributed by atoms with Crippen LogP contribution in [0.3, 0.4) is 0 Å². The lowest BCUT2D eigenvalue weighted by atomic mass is 9.81. The Morgan fingerprint density at radius 2 is 1.80 bits per heavy atom. The third-order valence-corrected chi connectivity index (χ3v) is 7.20. The molecule has 6 nitrogen and oxygen atoms in total. The molecule has 0 amide bonds. The van der Waals surface area contributed by atoms with Crippen LogP contribution in [0.15, 0.2) is 0 Å². The Balaban J connectivity index is 1.73. The Morgan fingerprint density at radius 1 is 1.20 bits per heavy atom. The first-order valence-corrected chi connectivity index (χ1v) is 10.6. The second kappa shape index (κ2) is 7.12. The molecule has 1 atom stereocenters. The number of esters is 1. The summed E-state index contributed by atoms with van der Waals surface area (Å²) in [6.07, 6.45) is 4.88. The molecule has 2 fully saturated rings. The molecule has 2 aliphatic carbocycles. The fourth-order valence-electron chi connectivity index (χ4n) is 5.07. The molecule has 0 aromatic heterocycles. The van der Waals surface area contributed by atoms with Crippen LogP contribution in [0.1, 0.15) is 66.9 Å². The number of carbonyl (C=O) groups is 1. The topological polar surface area (TPSA) is 71.8 Å². The summed E-state index contributed by atoms with van der Waals surface area (Å²) in [4.78, 5) is 14.8. The predicted molar refractivity (Wildman–Crippen MR) is 108 cm³/mol. The van der Waals surface area contributed by atoms with Gasteiger partial charge in [-0.15, -0.1) is 0 Å². The van der Waals surface area contributed by atoms with Crippen molar-refractivity contribution in [2.24, 2.45) is 5.92 Å². The number of nitrogens with zero attached hydrogens (tertiary/aromatic N) is 2. The van der Waals surface area contributed by atoms with Gasteiger partial charge in [0.2, 0.25) is 5.75 Å². The Morgan fingerprint density at radius 3 is 2.30 bits per heavy atom. The molecule has 0 N–H and O–H groups in total. The molecule has 3 aliphatic rings. The fraction of sp³-hybridized carbons (Fsp3) is 0.652. The molecule has 4 rings (SSSR count). The third-order valence-electron chi connectivity index (χ3n) is 7.20. The van der Waals surface area contributed by atoms with E-state index in [1.54, 1.807) is 6.92 Å². The summed E-state index contributed by atoms with van der Waals surface area (Å²) in [5.74, 6) is -1.94. The van der Waals surface area contributed by atoms with Crippen molar-refractivity contribution in [3.8, 4) is 17.6 Å². The van der Waals surface area contributed by atoms with Crippen LogP contribution in [0.4, 0.5) is 4.39 Å². The summed E-state index contributed by atoms with van der Waals surface area (Å²) in [5.41, 5.74) is -0.339. The van der Waals surface area contributed by atoms with Crippen molar-refractivity contribution in [2.45, 2.75) is 69.6 Å². The van der Waals surface area contributed by atoms with Gasteiger partial charge in [0.1, 0.15) is 0 Å². The summed E-state index contributed by atoms with van der Waals surface area (Å²) in [6, 6.07) is 2.72. The second-order valence-corrected chi connectivity index (χ2v) is 9.22. The Kier molecular flexibility index (Phi) is 4.97. The first-order chi connectivity index (χ1) is 14.2. The van der Waals surface area contributed by atoms with Crippen molar-refractivity contribution in [3.05, 3.63) is 22.5 Å². The molecule has 0 radical (unpaired) electrons. The van der Waals surface area contributed by atoms with Gasteiger partial charge in [-0.1, -0.05) is 0 Å². The molecule has 0 saturated heterocycles. The standard InChI is InChI=1S/C23H29FN2O4/c1-13-16(21(27)28-5)17(23(12-25)10-11-23)18(24)20-19(13)29-22(2,30-20)14-6-8-15(9-7-14)26(3)4/h14-15H,6-11H2,1-5H3. The SMILES string of the molecule is COC(=O)c1c(C)c2c(c(F)c1C1(C#N)CC1)OC(C)(C1CCC(N(C)C)CC1)O2. The number of carbonyl (C=O) groups excluding carboxylic acids is 1. The number of nitriles is 1. The van der Waals surface area contributed by atoms with Crippen molar-refractivity contribution in [3.63, 3.8) is 0 Å². The molecule has 2 saturated carbocycles. The van der Waals surface area contributed by atoms with E-state index in [2.05, 4.69) is 25.1 Å². The highest BCUT2D eigenvalue weighted by Crippen LogP contribution is 2.57. The molecule has 30 heavy (non-hydrogen) atoms. The minimum Gasteiger partial charge on any atom is -0.465 e. The smallest absolute Gasteiger partial charge is 0.338 e. The molecular formula is C23H29FN2O4. The lowest BCUT2D eigenvalue weighted by Crippen LogP contribution is -2.46. The predicted octanol–water partition coefficient (Wildman–Crippen LogP) is 4.08. The van der Waals surface area contributed by atoms with E-state index in [1.165, 1.54) is 7.11 Å². The maximum atomic E-state index is 15.7. The molecule has 1 heterocycles. The minimum atomic E-state index is -1.00. The van der Waals surface area contributed by atoms with Crippen LogP contribution in [0.25, 0.3) is 0 Å². The number of methoxy groups -OCH3 is 1. The Hall–Kier alpha value is -2.33. The Bertz CT molecular complexity index is 926. The zero-order valence-corrected chi connectivity index (χ0v) is 18.3. The zero-order valence-electron chi connectivity index (χ0n) is 18.3. The van der Waals surface area contributed by atoms with Gasteiger partial charge in [0, 0.05) is 30.0 Å². The summed E-state index contributed by atoms with van der Waals surface area (Å²) >= 11 is 0. The fourth-order valence-corrected chi connectivity index (χ4v) is 5.07. The molecule has 1 unspecified atom stereocenters. The van der Waals surface area contributed by atoms with Gasteiger partial charge in [0.15, 0.2) is 11.6 Å². The van der Waals surface area contributed by atoms with Crippen LogP contribution in [0, 0.1) is 30.0 Å². The monoisotopic (exact) mass is 416 g/mol. The zero-order chi connectivity index (χ0) is 21.8. The number of hydrogen-bond acceptors (Lipinski definition) is 6. The number of halogens is 1. The van der Waals surface area contributed by atoms with E-state index in [1.807, 2.05) is 6.92 Å². The molecule has 7 heteroatoms. The molecular weight excluding hydrogens is 387 g/mol. The first kappa shape index (κ1) is 20.9. The van der Waals surface area contributed by atoms with E-state index in [0.29, 0.717) is 24.4 Å². The number of benzene rings is 1. The number of hydrogen-bond donors (Lipinski definition) is 0. The summed E-state index contributed by atoms with van der Waals surface area (Å²) in [5, 5.41) is 9.68. The largest absolute Gasteiger partial charge is 0.465 e. The van der Waals surface area contributed by atoms with Gasteiger partial charge in [0.05, 0.1) is 24.2 Å². The minimum absolute atomic E-state index is 0.0221. The van der Waals surface area contributed by atoms with Gasteiger partial charge < -0.3 is 19.1 Å². The van der Waals surface area contributed by atoms with Gasteiger partial charge in [-0.25, -0.2) is 9.18 Å². The highest BCUT2D eigenvalue weighted by atomic mass is 19.1. The second-order valence-electron chi connectivity index (χ2n) is 9.22. The Labute approximate surface area is 176 Å². The molecule has 1 aromatic rings. The molecule has 1 aliphatic heterocycles. The van der Waals surface area contributed by atoms with Gasteiger partial charge in [-0.05, 0) is 59.5 Å². The van der Waals surface area contributed by atoms with E-state index in [-0.39, 0.29) is 28.5 Å².